The van der Waals surface area contributed by atoms with Crippen molar-refractivity contribution in [3.8, 4) is 0 Å². The molecule has 3 N–H and O–H groups in total. The normalized spacial score (nSPS) is 11.4. The zero-order valence-electron chi connectivity index (χ0n) is 9.46. The van der Waals surface area contributed by atoms with Gasteiger partial charge in [0.2, 0.25) is 0 Å². The van der Waals surface area contributed by atoms with E-state index in [4.69, 9.17) is 17.3 Å². The van der Waals surface area contributed by atoms with Crippen LogP contribution >= 0.6 is 11.6 Å². The largest absolute Gasteiger partial charge is 0.399 e. The van der Waals surface area contributed by atoms with Crippen molar-refractivity contribution in [2.24, 2.45) is 7.05 Å². The summed E-state index contributed by atoms with van der Waals surface area (Å²) >= 11 is 5.90. The Labute approximate surface area is 109 Å². The minimum atomic E-state index is -3.74. The first-order valence-electron chi connectivity index (χ1n) is 4.94. The molecule has 0 saturated heterocycles. The average molecular weight is 287 g/mol. The van der Waals surface area contributed by atoms with Gasteiger partial charge in [0.1, 0.15) is 0 Å². The van der Waals surface area contributed by atoms with Crippen molar-refractivity contribution in [1.29, 1.82) is 0 Å². The van der Waals surface area contributed by atoms with E-state index in [-0.39, 0.29) is 15.7 Å². The molecule has 0 bridgehead atoms. The fourth-order valence-electron chi connectivity index (χ4n) is 1.34. The molecule has 0 amide bonds. The standard InChI is InChI=1S/C10H11ClN4O2S/c1-15-5-10(13-6-15)18(16,17)14-9-3-2-7(12)4-8(9)11/h2-6,14H,12H2,1H3. The van der Waals surface area contributed by atoms with Crippen LogP contribution in [0.15, 0.2) is 35.7 Å². The molecule has 0 aliphatic carbocycles. The summed E-state index contributed by atoms with van der Waals surface area (Å²) in [6, 6.07) is 4.53. The highest BCUT2D eigenvalue weighted by molar-refractivity contribution is 7.92. The minimum Gasteiger partial charge on any atom is -0.399 e. The van der Waals surface area contributed by atoms with E-state index in [1.54, 1.807) is 17.7 Å². The zero-order valence-corrected chi connectivity index (χ0v) is 11.0. The maximum Gasteiger partial charge on any atom is 0.280 e. The van der Waals surface area contributed by atoms with Crippen molar-refractivity contribution in [2.75, 3.05) is 10.5 Å². The van der Waals surface area contributed by atoms with E-state index in [2.05, 4.69) is 9.71 Å². The quantitative estimate of drug-likeness (QED) is 0.836. The van der Waals surface area contributed by atoms with Crippen LogP contribution in [-0.2, 0) is 17.1 Å². The Kier molecular flexibility index (Phi) is 3.18. The molecule has 1 aromatic carbocycles. The van der Waals surface area contributed by atoms with Gasteiger partial charge >= 0.3 is 0 Å². The molecule has 0 atom stereocenters. The molecular formula is C10H11ClN4O2S. The molecule has 1 aromatic heterocycles. The molecule has 2 aromatic rings. The molecule has 18 heavy (non-hydrogen) atoms. The first-order valence-corrected chi connectivity index (χ1v) is 6.80. The van der Waals surface area contributed by atoms with Crippen LogP contribution in [0.25, 0.3) is 0 Å². The SMILES string of the molecule is Cn1cnc(S(=O)(=O)Nc2ccc(N)cc2Cl)c1. The Morgan fingerprint density at radius 3 is 2.72 bits per heavy atom. The van der Waals surface area contributed by atoms with Crippen LogP contribution in [0.4, 0.5) is 11.4 Å². The second-order valence-electron chi connectivity index (χ2n) is 3.72. The molecule has 0 fully saturated rings. The lowest BCUT2D eigenvalue weighted by molar-refractivity contribution is 0.598. The molecule has 1 heterocycles. The van der Waals surface area contributed by atoms with Gasteiger partial charge in [-0.15, -0.1) is 0 Å². The molecule has 6 nitrogen and oxygen atoms in total. The van der Waals surface area contributed by atoms with Crippen molar-refractivity contribution in [3.05, 3.63) is 35.7 Å². The van der Waals surface area contributed by atoms with Gasteiger partial charge in [0, 0.05) is 18.9 Å². The van der Waals surface area contributed by atoms with Gasteiger partial charge in [-0.25, -0.2) is 4.98 Å². The number of benzene rings is 1. The van der Waals surface area contributed by atoms with Crippen LogP contribution < -0.4 is 10.5 Å². The summed E-state index contributed by atoms with van der Waals surface area (Å²) in [6.07, 6.45) is 2.80. The van der Waals surface area contributed by atoms with E-state index in [0.717, 1.165) is 0 Å². The fourth-order valence-corrected chi connectivity index (χ4v) is 2.69. The van der Waals surface area contributed by atoms with Crippen LogP contribution in [-0.4, -0.2) is 18.0 Å². The van der Waals surface area contributed by atoms with Crippen molar-refractivity contribution in [2.45, 2.75) is 5.03 Å². The number of imidazole rings is 1. The topological polar surface area (TPSA) is 90.0 Å². The van der Waals surface area contributed by atoms with Gasteiger partial charge in [0.15, 0.2) is 5.03 Å². The lowest BCUT2D eigenvalue weighted by atomic mass is 10.3. The molecule has 96 valence electrons. The number of halogens is 1. The third-order valence-electron chi connectivity index (χ3n) is 2.19. The van der Waals surface area contributed by atoms with Gasteiger partial charge in [0.05, 0.1) is 17.0 Å². The van der Waals surface area contributed by atoms with Crippen molar-refractivity contribution >= 4 is 33.0 Å². The van der Waals surface area contributed by atoms with Crippen molar-refractivity contribution in [3.63, 3.8) is 0 Å². The summed E-state index contributed by atoms with van der Waals surface area (Å²) in [5.74, 6) is 0. The molecule has 8 heteroatoms. The highest BCUT2D eigenvalue weighted by Gasteiger charge is 2.18. The van der Waals surface area contributed by atoms with Crippen LogP contribution in [0.3, 0.4) is 0 Å². The average Bonchev–Trinajstić information content (AvgIpc) is 2.70. The number of hydrogen-bond donors (Lipinski definition) is 2. The van der Waals surface area contributed by atoms with E-state index in [1.807, 2.05) is 0 Å². The number of anilines is 2. The predicted molar refractivity (Wildman–Crippen MR) is 69.9 cm³/mol. The Morgan fingerprint density at radius 2 is 2.17 bits per heavy atom. The summed E-state index contributed by atoms with van der Waals surface area (Å²) in [6.45, 7) is 0. The number of nitrogen functional groups attached to an aromatic ring is 1. The molecule has 0 unspecified atom stereocenters. The van der Waals surface area contributed by atoms with E-state index in [0.29, 0.717) is 5.69 Å². The highest BCUT2D eigenvalue weighted by Crippen LogP contribution is 2.26. The summed E-state index contributed by atoms with van der Waals surface area (Å²) < 4.78 is 27.8. The molecule has 0 spiro atoms. The monoisotopic (exact) mass is 286 g/mol. The smallest absolute Gasteiger partial charge is 0.280 e. The molecule has 0 radical (unpaired) electrons. The molecule has 0 aliphatic rings. The summed E-state index contributed by atoms with van der Waals surface area (Å²) in [4.78, 5) is 3.78. The van der Waals surface area contributed by atoms with Crippen LogP contribution in [0.1, 0.15) is 0 Å². The number of sulfonamides is 1. The Morgan fingerprint density at radius 1 is 1.44 bits per heavy atom. The molecule has 2 rings (SSSR count). The van der Waals surface area contributed by atoms with Crippen LogP contribution in [0, 0.1) is 0 Å². The molecule has 0 saturated carbocycles. The maximum atomic E-state index is 12.0. The van der Waals surface area contributed by atoms with Gasteiger partial charge < -0.3 is 10.3 Å². The summed E-state index contributed by atoms with van der Waals surface area (Å²) in [5, 5.41) is 0.160. The van der Waals surface area contributed by atoms with E-state index in [9.17, 15) is 8.42 Å². The van der Waals surface area contributed by atoms with Crippen molar-refractivity contribution in [1.82, 2.24) is 9.55 Å². The Balaban J connectivity index is 2.33. The number of rotatable bonds is 3. The lowest BCUT2D eigenvalue weighted by Gasteiger charge is -2.08. The maximum absolute atomic E-state index is 12.0. The number of hydrogen-bond acceptors (Lipinski definition) is 4. The Hall–Kier alpha value is -1.73. The number of nitrogens with one attached hydrogen (secondary N) is 1. The number of nitrogens with two attached hydrogens (primary N) is 1. The van der Waals surface area contributed by atoms with Gasteiger partial charge in [-0.2, -0.15) is 8.42 Å². The van der Waals surface area contributed by atoms with E-state index < -0.39 is 10.0 Å². The van der Waals surface area contributed by atoms with Crippen LogP contribution in [0.2, 0.25) is 5.02 Å². The lowest BCUT2D eigenvalue weighted by Crippen LogP contribution is -2.13. The van der Waals surface area contributed by atoms with Crippen molar-refractivity contribution < 1.29 is 8.42 Å². The number of aromatic nitrogens is 2. The summed E-state index contributed by atoms with van der Waals surface area (Å²) in [5.41, 5.74) is 6.25. The summed E-state index contributed by atoms with van der Waals surface area (Å²) in [7, 11) is -2.05. The van der Waals surface area contributed by atoms with Gasteiger partial charge in [-0.1, -0.05) is 11.6 Å². The van der Waals surface area contributed by atoms with Gasteiger partial charge in [-0.3, -0.25) is 4.72 Å². The minimum absolute atomic E-state index is 0.0714. The first kappa shape index (κ1) is 12.7. The second kappa shape index (κ2) is 4.51. The van der Waals surface area contributed by atoms with Gasteiger partial charge in [0.25, 0.3) is 10.0 Å². The zero-order chi connectivity index (χ0) is 13.3. The van der Waals surface area contributed by atoms with E-state index >= 15 is 0 Å². The number of nitrogens with zero attached hydrogens (tertiary/aromatic N) is 2. The molecular weight excluding hydrogens is 276 g/mol. The third-order valence-corrected chi connectivity index (χ3v) is 3.76. The predicted octanol–water partition coefficient (Wildman–Crippen LogP) is 1.46. The number of aryl methyl sites for hydroxylation is 1. The molecule has 0 aliphatic heterocycles. The highest BCUT2D eigenvalue weighted by atomic mass is 35.5. The van der Waals surface area contributed by atoms with Gasteiger partial charge in [-0.05, 0) is 18.2 Å². The van der Waals surface area contributed by atoms with Crippen LogP contribution in [0.5, 0.6) is 0 Å². The third kappa shape index (κ3) is 2.57. The first-order chi connectivity index (χ1) is 8.38. The second-order valence-corrected chi connectivity index (χ2v) is 5.76. The Bertz CT molecular complexity index is 681. The van der Waals surface area contributed by atoms with E-state index in [1.165, 1.54) is 24.7 Å². The fraction of sp³-hybridized carbons (Fsp3) is 0.100.